The Labute approximate surface area is 537 Å². The third-order valence-electron chi connectivity index (χ3n) is 18.0. The first-order valence-corrected chi connectivity index (χ1v) is 32.5. The summed E-state index contributed by atoms with van der Waals surface area (Å²) in [7, 11) is 0. The average molecular weight is 1300 g/mol. The molecule has 7 amide bonds. The van der Waals surface area contributed by atoms with Crippen molar-refractivity contribution in [2.75, 3.05) is 77.0 Å². The Morgan fingerprint density at radius 1 is 0.728 bits per heavy atom. The van der Waals surface area contributed by atoms with E-state index in [2.05, 4.69) is 58.7 Å². The number of nitrogens with one attached hydrogen (secondary N) is 5. The number of phenols is 1. The van der Waals surface area contributed by atoms with Gasteiger partial charge in [0.2, 0.25) is 35.4 Å². The number of rotatable bonds is 17. The topological polar surface area (TPSA) is 421 Å². The third kappa shape index (κ3) is 16.8. The van der Waals surface area contributed by atoms with E-state index in [1.54, 1.807) is 19.1 Å². The number of aromatic hydroxyl groups is 1. The number of nitrogens with zero attached hydrogens (tertiary/aromatic N) is 6. The molecule has 4 aromatic rings. The van der Waals surface area contributed by atoms with Gasteiger partial charge in [-0.3, -0.25) is 38.5 Å². The van der Waals surface area contributed by atoms with E-state index in [1.807, 2.05) is 12.1 Å². The van der Waals surface area contributed by atoms with Gasteiger partial charge in [-0.1, -0.05) is 55.7 Å². The SMILES string of the molecule is C[C@@H](O)[C@@H]1NC(=O)[C@@H](NC(=O)c2ccc(-c3nnc(-c4ccc(N5CCN(CC6CCCCC6)CC5)cc4)s3)cc2)C[C@@H](O)CNC(=O)[C@@H]2[C@@H](O)[C@@H](C)CN2C(=O)[C@H]([C@H](O)CCN)NC(=O)[C@H]([C@H](O)Cc2ccc(O)c(OCCN)c2)NC(=O)[C@@H]2C[C@@H](O)CN2C1=O. The molecule has 9 rings (SSSR count). The second kappa shape index (κ2) is 31.4. The van der Waals surface area contributed by atoms with E-state index < -0.39 is 152 Å². The highest BCUT2D eigenvalue weighted by Gasteiger charge is 2.50. The molecule has 500 valence electrons. The lowest BCUT2D eigenvalue weighted by atomic mass is 9.89. The molecule has 92 heavy (non-hydrogen) atoms. The van der Waals surface area contributed by atoms with Gasteiger partial charge in [0.05, 0.1) is 36.6 Å². The zero-order chi connectivity index (χ0) is 65.9. The van der Waals surface area contributed by atoms with Crippen molar-refractivity contribution in [3.8, 4) is 32.6 Å². The van der Waals surface area contributed by atoms with Gasteiger partial charge in [0.15, 0.2) is 11.5 Å². The summed E-state index contributed by atoms with van der Waals surface area (Å²) in [6, 6.07) is 7.59. The number of aliphatic hydroxyl groups is 6. The Morgan fingerprint density at radius 2 is 1.37 bits per heavy atom. The Morgan fingerprint density at radius 3 is 2.02 bits per heavy atom. The molecular formula is C63H87N13O15S. The summed E-state index contributed by atoms with van der Waals surface area (Å²) in [5, 5.41) is 102. The summed E-state index contributed by atoms with van der Waals surface area (Å²) >= 11 is 1.36. The largest absolute Gasteiger partial charge is 0.504 e. The fourth-order valence-electron chi connectivity index (χ4n) is 12.8. The first kappa shape index (κ1) is 68.9. The highest BCUT2D eigenvalue weighted by Crippen LogP contribution is 2.34. The lowest BCUT2D eigenvalue weighted by molar-refractivity contribution is -0.147. The summed E-state index contributed by atoms with van der Waals surface area (Å²) in [5.74, 6) is -7.79. The molecule has 16 N–H and O–H groups in total. The summed E-state index contributed by atoms with van der Waals surface area (Å²) in [5.41, 5.74) is 14.4. The smallest absolute Gasteiger partial charge is 0.251 e. The van der Waals surface area contributed by atoms with Gasteiger partial charge in [0.1, 0.15) is 52.9 Å². The molecule has 1 saturated carbocycles. The molecule has 3 aromatic carbocycles. The number of hydrogen-bond donors (Lipinski definition) is 14. The van der Waals surface area contributed by atoms with Crippen LogP contribution >= 0.6 is 11.3 Å². The van der Waals surface area contributed by atoms with E-state index in [0.29, 0.717) is 15.6 Å². The fraction of sp³-hybridized carbons (Fsp3) is 0.571. The van der Waals surface area contributed by atoms with Crippen molar-refractivity contribution < 1.29 is 74.0 Å². The average Bonchev–Trinajstić information content (AvgIpc) is 1.67. The number of carbonyl (C=O) groups excluding carboxylic acids is 7. The maximum atomic E-state index is 14.7. The lowest BCUT2D eigenvalue weighted by Crippen LogP contribution is -2.64. The zero-order valence-corrected chi connectivity index (χ0v) is 52.5. The number of amides is 7. The van der Waals surface area contributed by atoms with Crippen molar-refractivity contribution in [1.82, 2.24) is 51.5 Å². The van der Waals surface area contributed by atoms with Gasteiger partial charge in [-0.25, -0.2) is 0 Å². The molecule has 4 saturated heterocycles. The maximum absolute atomic E-state index is 14.7. The number of aromatic nitrogens is 2. The van der Waals surface area contributed by atoms with Crippen LogP contribution in [0.3, 0.4) is 0 Å². The van der Waals surface area contributed by atoms with Gasteiger partial charge in [-0.2, -0.15) is 0 Å². The zero-order valence-electron chi connectivity index (χ0n) is 51.7. The Bertz CT molecular complexity index is 3200. The summed E-state index contributed by atoms with van der Waals surface area (Å²) in [6.07, 6.45) is -5.11. The van der Waals surface area contributed by atoms with Crippen molar-refractivity contribution in [3.05, 3.63) is 77.9 Å². The number of β-amino-alcohol motifs (C(OH)–C–C–N with tert-alkyl or cyclic N) is 1. The number of nitrogens with two attached hydrogens (primary N) is 2. The molecule has 28 nitrogen and oxygen atoms in total. The molecule has 0 radical (unpaired) electrons. The normalized spacial score (nSPS) is 27.2. The van der Waals surface area contributed by atoms with Gasteiger partial charge in [0, 0.05) is 106 Å². The number of anilines is 1. The van der Waals surface area contributed by atoms with Crippen LogP contribution in [-0.2, 0) is 35.2 Å². The van der Waals surface area contributed by atoms with Crippen LogP contribution in [0.5, 0.6) is 11.5 Å². The second-order valence-corrected chi connectivity index (χ2v) is 25.8. The first-order chi connectivity index (χ1) is 44.1. The predicted octanol–water partition coefficient (Wildman–Crippen LogP) is -2.09. The van der Waals surface area contributed by atoms with Crippen molar-refractivity contribution in [1.29, 1.82) is 0 Å². The van der Waals surface area contributed by atoms with E-state index in [-0.39, 0.29) is 55.3 Å². The van der Waals surface area contributed by atoms with Crippen LogP contribution in [0.25, 0.3) is 21.1 Å². The molecule has 5 fully saturated rings. The van der Waals surface area contributed by atoms with Crippen molar-refractivity contribution >= 4 is 58.4 Å². The number of benzene rings is 3. The van der Waals surface area contributed by atoms with Crippen LogP contribution in [0.2, 0.25) is 0 Å². The minimum atomic E-state index is -2.04. The van der Waals surface area contributed by atoms with Gasteiger partial charge in [0.25, 0.3) is 5.91 Å². The van der Waals surface area contributed by atoms with Crippen LogP contribution in [0.4, 0.5) is 5.69 Å². The Balaban J connectivity index is 0.947. The molecule has 0 spiro atoms. The number of hydrogen-bond acceptors (Lipinski definition) is 22. The van der Waals surface area contributed by atoms with Crippen molar-refractivity contribution in [3.63, 3.8) is 0 Å². The van der Waals surface area contributed by atoms with Crippen molar-refractivity contribution in [2.45, 2.75) is 145 Å². The molecule has 4 aliphatic heterocycles. The number of carbonyl (C=O) groups is 7. The highest BCUT2D eigenvalue weighted by atomic mass is 32.1. The van der Waals surface area contributed by atoms with Gasteiger partial charge in [-0.05, 0) is 92.7 Å². The number of piperazine rings is 1. The molecule has 0 bridgehead atoms. The minimum absolute atomic E-state index is 0.00286. The van der Waals surface area contributed by atoms with Gasteiger partial charge < -0.3 is 93.2 Å². The van der Waals surface area contributed by atoms with E-state index in [4.69, 9.17) is 16.2 Å². The quantitative estimate of drug-likeness (QED) is 0.0539. The van der Waals surface area contributed by atoms with E-state index >= 15 is 0 Å². The molecule has 1 aliphatic carbocycles. The molecule has 1 aromatic heterocycles. The molecule has 29 heteroatoms. The van der Waals surface area contributed by atoms with E-state index in [9.17, 15) is 69.3 Å². The lowest BCUT2D eigenvalue weighted by Gasteiger charge is -2.38. The fourth-order valence-corrected chi connectivity index (χ4v) is 13.6. The van der Waals surface area contributed by atoms with Crippen LogP contribution in [-0.4, -0.2) is 247 Å². The van der Waals surface area contributed by atoms with E-state index in [0.717, 1.165) is 60.1 Å². The summed E-state index contributed by atoms with van der Waals surface area (Å²) < 4.78 is 5.52. The van der Waals surface area contributed by atoms with Crippen LogP contribution in [0, 0.1) is 11.8 Å². The van der Waals surface area contributed by atoms with Crippen LogP contribution in [0.1, 0.15) is 81.1 Å². The number of phenolic OH excluding ortho intramolecular Hbond substituents is 1. The minimum Gasteiger partial charge on any atom is -0.504 e. The molecule has 5 heterocycles. The van der Waals surface area contributed by atoms with Gasteiger partial charge >= 0.3 is 0 Å². The summed E-state index contributed by atoms with van der Waals surface area (Å²) in [4.78, 5) is 108. The maximum Gasteiger partial charge on any atom is 0.251 e. The number of ether oxygens (including phenoxy) is 1. The molecule has 13 atom stereocenters. The van der Waals surface area contributed by atoms with Crippen LogP contribution < -0.4 is 47.7 Å². The molecule has 5 aliphatic rings. The molecule has 0 unspecified atom stereocenters. The third-order valence-corrected chi connectivity index (χ3v) is 19.0. The number of fused-ring (bicyclic) bond motifs is 2. The highest BCUT2D eigenvalue weighted by molar-refractivity contribution is 7.17. The van der Waals surface area contributed by atoms with Crippen LogP contribution in [0.15, 0.2) is 66.7 Å². The first-order valence-electron chi connectivity index (χ1n) is 31.7. The van der Waals surface area contributed by atoms with Gasteiger partial charge in [-0.15, -0.1) is 10.2 Å². The van der Waals surface area contributed by atoms with Crippen molar-refractivity contribution in [2.24, 2.45) is 23.3 Å². The monoisotopic (exact) mass is 1300 g/mol. The Hall–Kier alpha value is -7.45. The Kier molecular flexibility index (Phi) is 23.6. The van der Waals surface area contributed by atoms with E-state index in [1.165, 1.54) is 80.3 Å². The standard InChI is InChI=1S/C63H87N13O15S/c1-34-31-76-53(54(34)83)59(88)66-30-42(78)28-44(67-55(84)38-9-11-39(12-10-38)60-71-72-61(92-60)40-13-15-41(16-14-40)74-23-21-73(22-24-74)32-36-6-4-3-5-7-36)56(85)68-50(35(2)77)62(89)75-33-43(79)29-45(75)57(86)69-51(58(87)70-52(63(76)90)47(81)18-19-64)48(82)26-37-8-17-46(80)49(27-37)91-25-20-65/h8-17,27,34-36,42-45,47-48,50-54,77-83H,3-7,18-26,28-33,64-65H2,1-2H3,(H,66,88)(H,67,84)(H,68,85)(H,69,86)(H,70,87)/t34-,35+,42+,43+,44-,45-,47+,48+,50-,51-,52-,53-,54-/m0/s1. The predicted molar refractivity (Wildman–Crippen MR) is 337 cm³/mol. The number of aliphatic hydroxyl groups excluding tert-OH is 6. The summed E-state index contributed by atoms with van der Waals surface area (Å²) in [6.45, 7) is 6.27. The second-order valence-electron chi connectivity index (χ2n) is 24.8. The molecular weight excluding hydrogens is 1210 g/mol.